The van der Waals surface area contributed by atoms with Gasteiger partial charge < -0.3 is 24.5 Å². The first-order chi connectivity index (χ1) is 20.0. The van der Waals surface area contributed by atoms with Gasteiger partial charge in [-0.25, -0.2) is 4.98 Å². The van der Waals surface area contributed by atoms with Gasteiger partial charge in [0.2, 0.25) is 0 Å². The summed E-state index contributed by atoms with van der Waals surface area (Å²) in [6.07, 6.45) is 3.79. The first-order valence-corrected chi connectivity index (χ1v) is 15.7. The van der Waals surface area contributed by atoms with Gasteiger partial charge in [0.1, 0.15) is 23.7 Å². The average Bonchev–Trinajstić information content (AvgIpc) is 3.27. The molecule has 1 N–H and O–H groups in total. The molecular formula is C33H42ClN5O3. The molecule has 224 valence electrons. The quantitative estimate of drug-likeness (QED) is 0.498. The number of rotatable bonds is 6. The number of amides is 1. The Labute approximate surface area is 254 Å². The second-order valence-electron chi connectivity index (χ2n) is 13.9. The molecule has 3 aliphatic heterocycles. The number of hydrogen-bond acceptors (Lipinski definition) is 7. The normalized spacial score (nSPS) is 26.1. The summed E-state index contributed by atoms with van der Waals surface area (Å²) in [6.45, 7) is 14.2. The molecule has 1 aromatic carbocycles. The fourth-order valence-corrected chi connectivity index (χ4v) is 8.61. The lowest BCUT2D eigenvalue weighted by molar-refractivity contribution is -0.199. The SMILES string of the molecule is CC1(C)C(Oc2ccc(C#N)c(Cl)c2)C(C)(C)C1N1Cc2nc(N3CCC(CN4CCC(O)CC4)CC3)ccc2C1=O. The lowest BCUT2D eigenvalue weighted by Gasteiger charge is -2.65. The number of benzene rings is 1. The van der Waals surface area contributed by atoms with Gasteiger partial charge in [-0.1, -0.05) is 39.3 Å². The molecule has 1 saturated carbocycles. The molecule has 3 fully saturated rings. The fraction of sp³-hybridized carbons (Fsp3) is 0.606. The maximum atomic E-state index is 13.7. The summed E-state index contributed by atoms with van der Waals surface area (Å²) in [4.78, 5) is 25.6. The predicted molar refractivity (Wildman–Crippen MR) is 163 cm³/mol. The van der Waals surface area contributed by atoms with Crippen molar-refractivity contribution in [3.05, 3.63) is 52.2 Å². The Kier molecular flexibility index (Phi) is 7.66. The third-order valence-corrected chi connectivity index (χ3v) is 10.5. The zero-order chi connectivity index (χ0) is 29.8. The molecular weight excluding hydrogens is 550 g/mol. The van der Waals surface area contributed by atoms with E-state index in [2.05, 4.69) is 43.6 Å². The van der Waals surface area contributed by atoms with E-state index in [1.54, 1.807) is 18.2 Å². The van der Waals surface area contributed by atoms with Gasteiger partial charge in [0.05, 0.1) is 34.5 Å². The van der Waals surface area contributed by atoms with E-state index < -0.39 is 0 Å². The first kappa shape index (κ1) is 29.2. The Morgan fingerprint density at radius 2 is 1.74 bits per heavy atom. The predicted octanol–water partition coefficient (Wildman–Crippen LogP) is 5.12. The van der Waals surface area contributed by atoms with E-state index in [4.69, 9.17) is 21.3 Å². The van der Waals surface area contributed by atoms with Crippen LogP contribution in [0.3, 0.4) is 0 Å². The van der Waals surface area contributed by atoms with Gasteiger partial charge in [0, 0.05) is 55.7 Å². The van der Waals surface area contributed by atoms with Crippen LogP contribution in [-0.2, 0) is 6.54 Å². The zero-order valence-electron chi connectivity index (χ0n) is 25.1. The first-order valence-electron chi connectivity index (χ1n) is 15.3. The molecule has 2 saturated heterocycles. The van der Waals surface area contributed by atoms with Crippen molar-refractivity contribution in [3.63, 3.8) is 0 Å². The molecule has 6 rings (SSSR count). The number of halogens is 1. The lowest BCUT2D eigenvalue weighted by atomic mass is 9.49. The molecule has 0 unspecified atom stereocenters. The highest BCUT2D eigenvalue weighted by molar-refractivity contribution is 6.31. The minimum Gasteiger partial charge on any atom is -0.489 e. The zero-order valence-corrected chi connectivity index (χ0v) is 25.9. The van der Waals surface area contributed by atoms with Gasteiger partial charge in [-0.2, -0.15) is 5.26 Å². The van der Waals surface area contributed by atoms with E-state index in [-0.39, 0.29) is 35.0 Å². The number of nitriles is 1. The van der Waals surface area contributed by atoms with E-state index in [9.17, 15) is 15.2 Å². The number of nitrogens with zero attached hydrogens (tertiary/aromatic N) is 5. The van der Waals surface area contributed by atoms with Gasteiger partial charge in [-0.15, -0.1) is 0 Å². The number of ether oxygens (including phenoxy) is 1. The molecule has 2 aromatic rings. The number of likely N-dealkylation sites (tertiary alicyclic amines) is 1. The highest BCUT2D eigenvalue weighted by atomic mass is 35.5. The van der Waals surface area contributed by atoms with Crippen LogP contribution < -0.4 is 9.64 Å². The van der Waals surface area contributed by atoms with E-state index in [0.717, 1.165) is 69.9 Å². The van der Waals surface area contributed by atoms with Crippen LogP contribution in [0.15, 0.2) is 30.3 Å². The average molecular weight is 592 g/mol. The number of aliphatic hydroxyl groups is 1. The van der Waals surface area contributed by atoms with Gasteiger partial charge in [0.25, 0.3) is 5.91 Å². The Balaban J connectivity index is 1.10. The molecule has 1 aliphatic carbocycles. The molecule has 42 heavy (non-hydrogen) atoms. The van der Waals surface area contributed by atoms with Crippen molar-refractivity contribution in [2.75, 3.05) is 37.6 Å². The second kappa shape index (κ2) is 11.0. The minimum atomic E-state index is -0.307. The van der Waals surface area contributed by atoms with Gasteiger partial charge in [-0.05, 0) is 55.9 Å². The topological polar surface area (TPSA) is 92.9 Å². The van der Waals surface area contributed by atoms with Crippen LogP contribution in [0.1, 0.15) is 75.0 Å². The summed E-state index contributed by atoms with van der Waals surface area (Å²) < 4.78 is 6.45. The van der Waals surface area contributed by atoms with E-state index >= 15 is 0 Å². The largest absolute Gasteiger partial charge is 0.489 e. The van der Waals surface area contributed by atoms with E-state index in [0.29, 0.717) is 34.4 Å². The Bertz CT molecular complexity index is 1370. The number of hydrogen-bond donors (Lipinski definition) is 1. The number of aliphatic hydroxyl groups excluding tert-OH is 1. The summed E-state index contributed by atoms with van der Waals surface area (Å²) in [5, 5.41) is 19.4. The summed E-state index contributed by atoms with van der Waals surface area (Å²) >= 11 is 6.26. The number of fused-ring (bicyclic) bond motifs is 1. The van der Waals surface area contributed by atoms with Crippen molar-refractivity contribution in [2.45, 2.75) is 78.2 Å². The van der Waals surface area contributed by atoms with Crippen molar-refractivity contribution in [1.82, 2.24) is 14.8 Å². The number of anilines is 1. The molecule has 4 heterocycles. The number of carbonyl (C=O) groups excluding carboxylic acids is 1. The standard InChI is InChI=1S/C33H42ClN5O3/c1-32(2)30(33(3,4)31(32)42-24-6-5-22(18-35)26(34)17-24)39-20-27-25(29(39)41)7-8-28(36-27)38-15-9-21(10-16-38)19-37-13-11-23(40)12-14-37/h5-8,17,21,23,30-31,40H,9-16,19-20H2,1-4H3. The number of carbonyl (C=O) groups is 1. The number of aromatic nitrogens is 1. The highest BCUT2D eigenvalue weighted by Crippen LogP contribution is 2.59. The molecule has 0 atom stereocenters. The molecule has 9 heteroatoms. The van der Waals surface area contributed by atoms with Crippen molar-refractivity contribution in [2.24, 2.45) is 16.7 Å². The minimum absolute atomic E-state index is 0.0272. The van der Waals surface area contributed by atoms with Crippen LogP contribution in [0.4, 0.5) is 5.82 Å². The van der Waals surface area contributed by atoms with E-state index in [1.165, 1.54) is 0 Å². The fourth-order valence-electron chi connectivity index (χ4n) is 8.40. The monoisotopic (exact) mass is 591 g/mol. The molecule has 4 aliphatic rings. The highest BCUT2D eigenvalue weighted by Gasteiger charge is 2.67. The maximum absolute atomic E-state index is 13.7. The van der Waals surface area contributed by atoms with Crippen molar-refractivity contribution < 1.29 is 14.6 Å². The summed E-state index contributed by atoms with van der Waals surface area (Å²) in [5.41, 5.74) is 1.37. The van der Waals surface area contributed by atoms with Crippen LogP contribution in [0.5, 0.6) is 5.75 Å². The Morgan fingerprint density at radius 1 is 1.05 bits per heavy atom. The van der Waals surface area contributed by atoms with E-state index in [1.807, 2.05) is 17.0 Å². The van der Waals surface area contributed by atoms with Gasteiger partial charge in [-0.3, -0.25) is 4.79 Å². The second-order valence-corrected chi connectivity index (χ2v) is 14.3. The molecule has 8 nitrogen and oxygen atoms in total. The van der Waals surface area contributed by atoms with Crippen LogP contribution in [0, 0.1) is 28.1 Å². The Hall–Kier alpha value is -2.86. The van der Waals surface area contributed by atoms with Crippen LogP contribution in [-0.4, -0.2) is 76.8 Å². The molecule has 0 bridgehead atoms. The third kappa shape index (κ3) is 5.14. The maximum Gasteiger partial charge on any atom is 0.256 e. The number of piperidine rings is 2. The van der Waals surface area contributed by atoms with Crippen LogP contribution >= 0.6 is 11.6 Å². The summed E-state index contributed by atoms with van der Waals surface area (Å²) in [7, 11) is 0. The van der Waals surface area contributed by atoms with Crippen LogP contribution in [0.2, 0.25) is 5.02 Å². The molecule has 1 aromatic heterocycles. The van der Waals surface area contributed by atoms with Crippen molar-refractivity contribution >= 4 is 23.3 Å². The van der Waals surface area contributed by atoms with Crippen molar-refractivity contribution in [3.8, 4) is 11.8 Å². The smallest absolute Gasteiger partial charge is 0.256 e. The molecule has 0 spiro atoms. The lowest BCUT2D eigenvalue weighted by Crippen LogP contribution is -2.74. The van der Waals surface area contributed by atoms with Gasteiger partial charge in [0.15, 0.2) is 0 Å². The van der Waals surface area contributed by atoms with Crippen molar-refractivity contribution in [1.29, 1.82) is 5.26 Å². The third-order valence-electron chi connectivity index (χ3n) is 10.2. The Morgan fingerprint density at radius 3 is 2.38 bits per heavy atom. The number of pyridine rings is 1. The molecule has 0 radical (unpaired) electrons. The summed E-state index contributed by atoms with van der Waals surface area (Å²) in [6, 6.07) is 11.2. The van der Waals surface area contributed by atoms with Gasteiger partial charge >= 0.3 is 0 Å². The van der Waals surface area contributed by atoms with Crippen LogP contribution in [0.25, 0.3) is 0 Å². The summed E-state index contributed by atoms with van der Waals surface area (Å²) in [5.74, 6) is 2.32. The molecule has 1 amide bonds.